The highest BCUT2D eigenvalue weighted by Gasteiger charge is 2.05. The second-order valence-corrected chi connectivity index (χ2v) is 5.48. The first-order chi connectivity index (χ1) is 8.65. The standard InChI is InChI=1S/C15H18BrNO/c1-11-5-7-13(10-15(11)16)17-12(2)6-8-14-4-3-9-18-14/h3-5,7,9-10,12,17H,6,8H2,1-2H3. The summed E-state index contributed by atoms with van der Waals surface area (Å²) in [5.41, 5.74) is 2.41. The van der Waals surface area contributed by atoms with E-state index >= 15 is 0 Å². The van der Waals surface area contributed by atoms with E-state index in [-0.39, 0.29) is 0 Å². The van der Waals surface area contributed by atoms with E-state index in [4.69, 9.17) is 4.42 Å². The fourth-order valence-corrected chi connectivity index (χ4v) is 2.23. The van der Waals surface area contributed by atoms with Gasteiger partial charge in [-0.25, -0.2) is 0 Å². The minimum Gasteiger partial charge on any atom is -0.469 e. The molecule has 3 heteroatoms. The molecular weight excluding hydrogens is 290 g/mol. The summed E-state index contributed by atoms with van der Waals surface area (Å²) in [6.45, 7) is 4.28. The molecule has 0 saturated carbocycles. The molecule has 2 nitrogen and oxygen atoms in total. The summed E-state index contributed by atoms with van der Waals surface area (Å²) >= 11 is 3.55. The van der Waals surface area contributed by atoms with Crippen LogP contribution in [0.4, 0.5) is 5.69 Å². The van der Waals surface area contributed by atoms with E-state index in [1.807, 2.05) is 12.1 Å². The molecule has 1 N–H and O–H groups in total. The van der Waals surface area contributed by atoms with Crippen LogP contribution in [0.3, 0.4) is 0 Å². The average Bonchev–Trinajstić information content (AvgIpc) is 2.84. The zero-order chi connectivity index (χ0) is 13.0. The van der Waals surface area contributed by atoms with E-state index in [1.54, 1.807) is 6.26 Å². The van der Waals surface area contributed by atoms with Gasteiger partial charge in [0.2, 0.25) is 0 Å². The third-order valence-corrected chi connectivity index (χ3v) is 3.84. The number of nitrogens with one attached hydrogen (secondary N) is 1. The molecule has 0 aliphatic heterocycles. The van der Waals surface area contributed by atoms with Gasteiger partial charge in [0.15, 0.2) is 0 Å². The normalized spacial score (nSPS) is 12.4. The fourth-order valence-electron chi connectivity index (χ4n) is 1.85. The molecule has 18 heavy (non-hydrogen) atoms. The lowest BCUT2D eigenvalue weighted by atomic mass is 10.1. The summed E-state index contributed by atoms with van der Waals surface area (Å²) in [5.74, 6) is 1.05. The van der Waals surface area contributed by atoms with Crippen LogP contribution in [0.25, 0.3) is 0 Å². The molecule has 1 atom stereocenters. The Kier molecular flexibility index (Phi) is 4.48. The van der Waals surface area contributed by atoms with Gasteiger partial charge in [-0.15, -0.1) is 0 Å². The Bertz CT molecular complexity index is 493. The maximum absolute atomic E-state index is 5.33. The van der Waals surface area contributed by atoms with Crippen molar-refractivity contribution < 1.29 is 4.42 Å². The zero-order valence-electron chi connectivity index (χ0n) is 10.7. The van der Waals surface area contributed by atoms with Gasteiger partial charge in [0, 0.05) is 22.6 Å². The maximum atomic E-state index is 5.33. The quantitative estimate of drug-likeness (QED) is 0.859. The third kappa shape index (κ3) is 3.64. The number of hydrogen-bond donors (Lipinski definition) is 1. The summed E-state index contributed by atoms with van der Waals surface area (Å²) in [5, 5.41) is 3.50. The summed E-state index contributed by atoms with van der Waals surface area (Å²) in [4.78, 5) is 0. The van der Waals surface area contributed by atoms with E-state index < -0.39 is 0 Å². The van der Waals surface area contributed by atoms with Gasteiger partial charge in [-0.2, -0.15) is 0 Å². The Labute approximate surface area is 117 Å². The largest absolute Gasteiger partial charge is 0.469 e. The van der Waals surface area contributed by atoms with Crippen LogP contribution < -0.4 is 5.32 Å². The average molecular weight is 308 g/mol. The van der Waals surface area contributed by atoms with Gasteiger partial charge < -0.3 is 9.73 Å². The SMILES string of the molecule is Cc1ccc(NC(C)CCc2ccco2)cc1Br. The molecule has 0 amide bonds. The first-order valence-electron chi connectivity index (χ1n) is 6.20. The molecule has 0 fully saturated rings. The van der Waals surface area contributed by atoms with Crippen molar-refractivity contribution in [2.75, 3.05) is 5.32 Å². The molecule has 96 valence electrons. The van der Waals surface area contributed by atoms with E-state index in [0.29, 0.717) is 6.04 Å². The van der Waals surface area contributed by atoms with Crippen molar-refractivity contribution in [3.63, 3.8) is 0 Å². The van der Waals surface area contributed by atoms with Crippen LogP contribution in [-0.4, -0.2) is 6.04 Å². The molecule has 2 rings (SSSR count). The lowest BCUT2D eigenvalue weighted by Crippen LogP contribution is -2.15. The van der Waals surface area contributed by atoms with Crippen molar-refractivity contribution in [3.05, 3.63) is 52.4 Å². The molecule has 0 aliphatic carbocycles. The van der Waals surface area contributed by atoms with Gasteiger partial charge in [0.1, 0.15) is 5.76 Å². The summed E-state index contributed by atoms with van der Waals surface area (Å²) in [7, 11) is 0. The lowest BCUT2D eigenvalue weighted by Gasteiger charge is -2.15. The van der Waals surface area contributed by atoms with Crippen LogP contribution in [0.15, 0.2) is 45.5 Å². The number of hydrogen-bond acceptors (Lipinski definition) is 2. The van der Waals surface area contributed by atoms with Gasteiger partial charge in [0.05, 0.1) is 6.26 Å². The highest BCUT2D eigenvalue weighted by molar-refractivity contribution is 9.10. The summed E-state index contributed by atoms with van der Waals surface area (Å²) in [6, 6.07) is 10.7. The van der Waals surface area contributed by atoms with Gasteiger partial charge in [-0.05, 0) is 50.1 Å². The van der Waals surface area contributed by atoms with Crippen LogP contribution in [-0.2, 0) is 6.42 Å². The van der Waals surface area contributed by atoms with Crippen LogP contribution >= 0.6 is 15.9 Å². The molecule has 0 spiro atoms. The number of halogens is 1. The molecule has 0 radical (unpaired) electrons. The van der Waals surface area contributed by atoms with E-state index in [1.165, 1.54) is 5.56 Å². The Hall–Kier alpha value is -1.22. The van der Waals surface area contributed by atoms with Gasteiger partial charge >= 0.3 is 0 Å². The molecule has 1 aromatic carbocycles. The highest BCUT2D eigenvalue weighted by Crippen LogP contribution is 2.21. The number of aryl methyl sites for hydroxylation is 2. The van der Waals surface area contributed by atoms with Gasteiger partial charge in [0.25, 0.3) is 0 Å². The fraction of sp³-hybridized carbons (Fsp3) is 0.333. The Morgan fingerprint density at radius 1 is 1.33 bits per heavy atom. The van der Waals surface area contributed by atoms with Crippen LogP contribution in [0.2, 0.25) is 0 Å². The maximum Gasteiger partial charge on any atom is 0.103 e. The van der Waals surface area contributed by atoms with E-state index in [0.717, 1.165) is 28.8 Å². The first kappa shape index (κ1) is 13.2. The Morgan fingerprint density at radius 2 is 2.17 bits per heavy atom. The van der Waals surface area contributed by atoms with Crippen LogP contribution in [0.5, 0.6) is 0 Å². The van der Waals surface area contributed by atoms with E-state index in [2.05, 4.69) is 53.3 Å². The van der Waals surface area contributed by atoms with Crippen molar-refractivity contribution >= 4 is 21.6 Å². The van der Waals surface area contributed by atoms with Gasteiger partial charge in [-0.1, -0.05) is 22.0 Å². The van der Waals surface area contributed by atoms with Gasteiger partial charge in [-0.3, -0.25) is 0 Å². The second-order valence-electron chi connectivity index (χ2n) is 4.63. The van der Waals surface area contributed by atoms with Crippen molar-refractivity contribution in [2.24, 2.45) is 0 Å². The topological polar surface area (TPSA) is 25.2 Å². The van der Waals surface area contributed by atoms with Crippen molar-refractivity contribution in [1.29, 1.82) is 0 Å². The molecule has 0 bridgehead atoms. The Balaban J connectivity index is 1.86. The third-order valence-electron chi connectivity index (χ3n) is 2.99. The van der Waals surface area contributed by atoms with Crippen LogP contribution in [0.1, 0.15) is 24.7 Å². The van der Waals surface area contributed by atoms with Crippen LogP contribution in [0, 0.1) is 6.92 Å². The minimum absolute atomic E-state index is 0.421. The van der Waals surface area contributed by atoms with E-state index in [9.17, 15) is 0 Å². The minimum atomic E-state index is 0.421. The molecule has 1 aromatic heterocycles. The molecule has 1 heterocycles. The second kappa shape index (κ2) is 6.10. The first-order valence-corrected chi connectivity index (χ1v) is 6.99. The summed E-state index contributed by atoms with van der Waals surface area (Å²) < 4.78 is 6.48. The molecular formula is C15H18BrNO. The monoisotopic (exact) mass is 307 g/mol. The molecule has 2 aromatic rings. The molecule has 0 saturated heterocycles. The lowest BCUT2D eigenvalue weighted by molar-refractivity contribution is 0.495. The predicted molar refractivity (Wildman–Crippen MR) is 79.0 cm³/mol. The predicted octanol–water partition coefficient (Wildman–Crippen LogP) is 4.78. The number of benzene rings is 1. The Morgan fingerprint density at radius 3 is 2.83 bits per heavy atom. The molecule has 1 unspecified atom stereocenters. The van der Waals surface area contributed by atoms with Crippen molar-refractivity contribution in [1.82, 2.24) is 0 Å². The number of anilines is 1. The van der Waals surface area contributed by atoms with Crippen molar-refractivity contribution in [2.45, 2.75) is 32.7 Å². The zero-order valence-corrected chi connectivity index (χ0v) is 12.3. The highest BCUT2D eigenvalue weighted by atomic mass is 79.9. The number of rotatable bonds is 5. The smallest absolute Gasteiger partial charge is 0.103 e. The number of furan rings is 1. The van der Waals surface area contributed by atoms with Crippen molar-refractivity contribution in [3.8, 4) is 0 Å². The summed E-state index contributed by atoms with van der Waals surface area (Å²) in [6.07, 6.45) is 3.75. The molecule has 0 aliphatic rings.